The lowest BCUT2D eigenvalue weighted by Crippen LogP contribution is -1.93. The summed E-state index contributed by atoms with van der Waals surface area (Å²) in [6.07, 6.45) is 6.00. The van der Waals surface area contributed by atoms with Crippen LogP contribution in [-0.2, 0) is 0 Å². The molecule has 3 aromatic heterocycles. The molecule has 0 saturated carbocycles. The average molecular weight is 567 g/mol. The fourth-order valence-electron chi connectivity index (χ4n) is 5.94. The van der Waals surface area contributed by atoms with Gasteiger partial charge in [0.2, 0.25) is 5.89 Å². The minimum atomic E-state index is 0.548. The molecule has 0 atom stereocenters. The van der Waals surface area contributed by atoms with E-state index in [1.54, 1.807) is 11.3 Å². The van der Waals surface area contributed by atoms with Crippen molar-refractivity contribution in [1.29, 1.82) is 0 Å². The summed E-state index contributed by atoms with van der Waals surface area (Å²) in [5.41, 5.74) is 6.79. The van der Waals surface area contributed by atoms with Gasteiger partial charge in [-0.05, 0) is 66.2 Å². The first-order chi connectivity index (χ1) is 20.1. The summed E-state index contributed by atoms with van der Waals surface area (Å²) < 4.78 is 9.84. The van der Waals surface area contributed by atoms with E-state index in [0.717, 1.165) is 31.8 Å². The average Bonchev–Trinajstić information content (AvgIpc) is 3.69. The van der Waals surface area contributed by atoms with Crippen molar-refractivity contribution in [2.75, 3.05) is 0 Å². The van der Waals surface area contributed by atoms with Crippen LogP contribution in [0.2, 0.25) is 5.02 Å². The van der Waals surface area contributed by atoms with Crippen LogP contribution >= 0.6 is 22.9 Å². The maximum Gasteiger partial charge on any atom is 0.227 e. The number of allylic oxidation sites excluding steroid dienone is 1. The number of rotatable bonds is 4. The van der Waals surface area contributed by atoms with Crippen LogP contribution in [0.5, 0.6) is 0 Å². The van der Waals surface area contributed by atoms with Gasteiger partial charge in [-0.25, -0.2) is 4.98 Å². The van der Waals surface area contributed by atoms with Crippen LogP contribution in [0.15, 0.2) is 108 Å². The largest absolute Gasteiger partial charge is 0.435 e. The molecule has 41 heavy (non-hydrogen) atoms. The van der Waals surface area contributed by atoms with E-state index in [1.807, 2.05) is 25.1 Å². The number of para-hydroxylation sites is 1. The summed E-state index contributed by atoms with van der Waals surface area (Å²) in [7, 11) is 0. The van der Waals surface area contributed by atoms with E-state index in [2.05, 4.69) is 102 Å². The predicted octanol–water partition coefficient (Wildman–Crippen LogP) is 11.3. The zero-order valence-electron chi connectivity index (χ0n) is 22.2. The second kappa shape index (κ2) is 9.20. The quantitative estimate of drug-likeness (QED) is 0.212. The van der Waals surface area contributed by atoms with Crippen LogP contribution in [0.25, 0.3) is 83.1 Å². The molecule has 0 aliphatic rings. The maximum atomic E-state index is 6.70. The molecule has 0 saturated heterocycles. The lowest BCUT2D eigenvalue weighted by Gasteiger charge is -2.09. The first kappa shape index (κ1) is 24.2. The van der Waals surface area contributed by atoms with E-state index in [0.29, 0.717) is 22.0 Å². The van der Waals surface area contributed by atoms with Crippen molar-refractivity contribution in [2.45, 2.75) is 6.92 Å². The number of nitrogens with zero attached hydrogens (tertiary/aromatic N) is 2. The Morgan fingerprint density at radius 1 is 0.878 bits per heavy atom. The van der Waals surface area contributed by atoms with Gasteiger partial charge in [0.15, 0.2) is 5.58 Å². The third-order valence-electron chi connectivity index (χ3n) is 7.77. The Labute approximate surface area is 245 Å². The molecule has 0 N–H and O–H groups in total. The Balaban J connectivity index is 1.30. The van der Waals surface area contributed by atoms with Crippen LogP contribution in [0, 0.1) is 0 Å². The minimum Gasteiger partial charge on any atom is -0.435 e. The molecule has 0 unspecified atom stereocenters. The maximum absolute atomic E-state index is 6.70. The van der Waals surface area contributed by atoms with Crippen molar-refractivity contribution >= 4 is 88.9 Å². The highest BCUT2D eigenvalue weighted by Gasteiger charge is 2.20. The van der Waals surface area contributed by atoms with Crippen molar-refractivity contribution in [3.05, 3.63) is 119 Å². The summed E-state index contributed by atoms with van der Waals surface area (Å²) >= 11 is 8.36. The molecule has 5 heteroatoms. The zero-order valence-corrected chi connectivity index (χ0v) is 23.8. The van der Waals surface area contributed by atoms with E-state index in [4.69, 9.17) is 21.0 Å². The first-order valence-electron chi connectivity index (χ1n) is 13.5. The molecule has 0 amide bonds. The smallest absolute Gasteiger partial charge is 0.227 e. The second-order valence-corrected chi connectivity index (χ2v) is 11.6. The van der Waals surface area contributed by atoms with Gasteiger partial charge >= 0.3 is 0 Å². The fourth-order valence-corrected chi connectivity index (χ4v) is 7.33. The number of hydrogen-bond donors (Lipinski definition) is 0. The van der Waals surface area contributed by atoms with E-state index in [9.17, 15) is 0 Å². The van der Waals surface area contributed by atoms with Gasteiger partial charge in [-0.15, -0.1) is 11.3 Å². The predicted molar refractivity (Wildman–Crippen MR) is 176 cm³/mol. The molecular formula is C36H23ClN2OS. The molecule has 0 bridgehead atoms. The number of thiophene rings is 1. The molecule has 0 aliphatic carbocycles. The Morgan fingerprint density at radius 2 is 1.63 bits per heavy atom. The molecule has 8 aromatic rings. The van der Waals surface area contributed by atoms with Gasteiger partial charge in [0, 0.05) is 42.6 Å². The minimum absolute atomic E-state index is 0.548. The second-order valence-electron chi connectivity index (χ2n) is 10.1. The molecule has 3 heterocycles. The topological polar surface area (TPSA) is 31.0 Å². The Hall–Kier alpha value is -4.64. The van der Waals surface area contributed by atoms with Crippen molar-refractivity contribution in [1.82, 2.24) is 9.55 Å². The van der Waals surface area contributed by atoms with Gasteiger partial charge in [-0.2, -0.15) is 0 Å². The van der Waals surface area contributed by atoms with Crippen LogP contribution in [0.1, 0.15) is 17.4 Å². The standard InChI is InChI=1S/C36H23ClN2OS/c1-3-9-26-31(4-2)41-32-20-28(37)34-35(33(26)32)40-36(38-34)21-14-16-24(17-15-21)39-29-13-8-7-12-25(29)27-18-22-10-5-6-11-23(22)19-30(27)39/h3-20H,2H2,1H3/b9-3-. The zero-order chi connectivity index (χ0) is 27.7. The van der Waals surface area contributed by atoms with Gasteiger partial charge < -0.3 is 8.98 Å². The third-order valence-corrected chi connectivity index (χ3v) is 9.21. The van der Waals surface area contributed by atoms with E-state index < -0.39 is 0 Å². The highest BCUT2D eigenvalue weighted by molar-refractivity contribution is 7.20. The monoisotopic (exact) mass is 566 g/mol. The Kier molecular flexibility index (Phi) is 5.43. The number of benzene rings is 5. The van der Waals surface area contributed by atoms with Crippen LogP contribution < -0.4 is 0 Å². The highest BCUT2D eigenvalue weighted by Crippen LogP contribution is 2.42. The summed E-state index contributed by atoms with van der Waals surface area (Å²) in [5, 5.41) is 6.55. The molecule has 3 nitrogen and oxygen atoms in total. The van der Waals surface area contributed by atoms with Crippen molar-refractivity contribution < 1.29 is 4.42 Å². The van der Waals surface area contributed by atoms with E-state index in [-0.39, 0.29) is 0 Å². The van der Waals surface area contributed by atoms with Crippen molar-refractivity contribution in [2.24, 2.45) is 0 Å². The fraction of sp³-hybridized carbons (Fsp3) is 0.0278. The number of oxazole rings is 1. The molecule has 0 aliphatic heterocycles. The molecule has 0 fully saturated rings. The van der Waals surface area contributed by atoms with Crippen LogP contribution in [0.3, 0.4) is 0 Å². The number of hydrogen-bond acceptors (Lipinski definition) is 3. The van der Waals surface area contributed by atoms with Gasteiger partial charge in [-0.1, -0.05) is 78.9 Å². The van der Waals surface area contributed by atoms with E-state index in [1.165, 1.54) is 32.6 Å². The summed E-state index contributed by atoms with van der Waals surface area (Å²) in [6, 6.07) is 32.1. The summed E-state index contributed by atoms with van der Waals surface area (Å²) in [4.78, 5) is 5.93. The Bertz CT molecular complexity index is 2350. The van der Waals surface area contributed by atoms with Gasteiger partial charge in [0.1, 0.15) is 5.52 Å². The molecular weight excluding hydrogens is 544 g/mol. The normalized spacial score (nSPS) is 12.1. The van der Waals surface area contributed by atoms with Gasteiger partial charge in [-0.3, -0.25) is 0 Å². The lowest BCUT2D eigenvalue weighted by molar-refractivity contribution is 0.623. The third kappa shape index (κ3) is 3.61. The molecule has 0 radical (unpaired) electrons. The summed E-state index contributed by atoms with van der Waals surface area (Å²) in [5.74, 6) is 0.548. The van der Waals surface area contributed by atoms with Gasteiger partial charge in [0.25, 0.3) is 0 Å². The van der Waals surface area contributed by atoms with Crippen LogP contribution in [0.4, 0.5) is 0 Å². The number of fused-ring (bicyclic) bond motifs is 7. The highest BCUT2D eigenvalue weighted by atomic mass is 35.5. The molecule has 8 rings (SSSR count). The van der Waals surface area contributed by atoms with Crippen molar-refractivity contribution in [3.8, 4) is 17.1 Å². The number of aromatic nitrogens is 2. The number of halogens is 1. The molecule has 0 spiro atoms. The lowest BCUT2D eigenvalue weighted by atomic mass is 10.1. The molecule has 196 valence electrons. The molecule has 5 aromatic carbocycles. The summed E-state index contributed by atoms with van der Waals surface area (Å²) in [6.45, 7) is 6.01. The SMILES string of the molecule is C=Cc1sc2cc(Cl)c3nc(-c4ccc(-n5c6ccccc6c6cc7ccccc7cc65)cc4)oc3c2c1/C=C\C. The van der Waals surface area contributed by atoms with Gasteiger partial charge in [0.05, 0.1) is 16.1 Å². The van der Waals surface area contributed by atoms with E-state index >= 15 is 0 Å². The van der Waals surface area contributed by atoms with Crippen LogP contribution in [-0.4, -0.2) is 9.55 Å². The Morgan fingerprint density at radius 3 is 2.41 bits per heavy atom. The van der Waals surface area contributed by atoms with Crippen molar-refractivity contribution in [3.63, 3.8) is 0 Å². The first-order valence-corrected chi connectivity index (χ1v) is 14.7.